The van der Waals surface area contributed by atoms with Gasteiger partial charge in [0.05, 0.1) is 24.1 Å². The number of aromatic nitrogens is 3. The van der Waals surface area contributed by atoms with Crippen molar-refractivity contribution in [2.24, 2.45) is 0 Å². The monoisotopic (exact) mass is 478 g/mol. The molecule has 1 fully saturated rings. The Balaban J connectivity index is 1.69. The Morgan fingerprint density at radius 1 is 1.15 bits per heavy atom. The van der Waals surface area contributed by atoms with Crippen LogP contribution < -0.4 is 15.0 Å². The van der Waals surface area contributed by atoms with Crippen LogP contribution in [0.3, 0.4) is 0 Å². The first-order chi connectivity index (χ1) is 16.2. The Hall–Kier alpha value is -3.21. The minimum atomic E-state index is -4.78. The van der Waals surface area contributed by atoms with Gasteiger partial charge in [-0.1, -0.05) is 19.1 Å². The van der Waals surface area contributed by atoms with E-state index in [2.05, 4.69) is 37.0 Å². The minimum Gasteiger partial charge on any atom is -0.479 e. The number of ether oxygens (including phenoxy) is 1. The Labute approximate surface area is 194 Å². The molecule has 1 atom stereocenters. The average molecular weight is 478 g/mol. The van der Waals surface area contributed by atoms with Gasteiger partial charge in [-0.05, 0) is 25.6 Å². The molecule has 0 saturated carbocycles. The van der Waals surface area contributed by atoms with E-state index >= 15 is 0 Å². The van der Waals surface area contributed by atoms with E-state index in [1.165, 1.54) is 18.5 Å². The quantitative estimate of drug-likeness (QED) is 0.523. The third-order valence-electron chi connectivity index (χ3n) is 6.08. The molecule has 1 aromatic carbocycles. The summed E-state index contributed by atoms with van der Waals surface area (Å²) >= 11 is 0. The molecule has 7 nitrogen and oxygen atoms in total. The molecule has 4 rings (SSSR count). The highest BCUT2D eigenvalue weighted by Crippen LogP contribution is 2.36. The van der Waals surface area contributed by atoms with Gasteiger partial charge in [-0.3, -0.25) is 0 Å². The molecule has 1 aliphatic heterocycles. The predicted molar refractivity (Wildman–Crippen MR) is 122 cm³/mol. The number of piperazine rings is 1. The van der Waals surface area contributed by atoms with Crippen LogP contribution in [0.4, 0.5) is 29.1 Å². The first-order valence-corrected chi connectivity index (χ1v) is 11.0. The maximum atomic E-state index is 14.7. The molecular weight excluding hydrogens is 452 g/mol. The van der Waals surface area contributed by atoms with Crippen LogP contribution in [0.1, 0.15) is 31.0 Å². The van der Waals surface area contributed by atoms with E-state index in [0.717, 1.165) is 44.5 Å². The molecule has 34 heavy (non-hydrogen) atoms. The molecule has 0 unspecified atom stereocenters. The van der Waals surface area contributed by atoms with Gasteiger partial charge in [-0.2, -0.15) is 18.2 Å². The fourth-order valence-electron chi connectivity index (χ4n) is 4.14. The predicted octanol–water partition coefficient (Wildman–Crippen LogP) is 4.51. The second-order valence-corrected chi connectivity index (χ2v) is 8.10. The summed E-state index contributed by atoms with van der Waals surface area (Å²) in [6.07, 6.45) is -3.48. The van der Waals surface area contributed by atoms with Gasteiger partial charge < -0.3 is 19.9 Å². The number of likely N-dealkylation sites (N-methyl/N-ethyl adjacent to an activating group) is 1. The summed E-state index contributed by atoms with van der Waals surface area (Å²) in [5.41, 5.74) is -0.270. The molecule has 1 aliphatic rings. The maximum Gasteiger partial charge on any atom is 0.419 e. The average Bonchev–Trinajstić information content (AvgIpc) is 2.82. The largest absolute Gasteiger partial charge is 0.479 e. The summed E-state index contributed by atoms with van der Waals surface area (Å²) in [4.78, 5) is 17.5. The number of nitrogens with zero attached hydrogens (tertiary/aromatic N) is 5. The summed E-state index contributed by atoms with van der Waals surface area (Å²) in [7, 11) is 1.54. The van der Waals surface area contributed by atoms with Crippen molar-refractivity contribution >= 4 is 22.5 Å². The number of fused-ring (bicyclic) bond motifs is 1. The van der Waals surface area contributed by atoms with Crippen molar-refractivity contribution in [1.29, 1.82) is 0 Å². The molecule has 0 bridgehead atoms. The Bertz CT molecular complexity index is 1160. The number of anilines is 2. The highest BCUT2D eigenvalue weighted by Gasteiger charge is 2.35. The number of hydrogen-bond acceptors (Lipinski definition) is 7. The van der Waals surface area contributed by atoms with Crippen LogP contribution in [0.25, 0.3) is 11.0 Å². The first-order valence-electron chi connectivity index (χ1n) is 11.0. The fourth-order valence-corrected chi connectivity index (χ4v) is 4.14. The number of halogens is 4. The van der Waals surface area contributed by atoms with Crippen LogP contribution >= 0.6 is 0 Å². The van der Waals surface area contributed by atoms with Crippen molar-refractivity contribution < 1.29 is 22.3 Å². The molecule has 1 N–H and O–H groups in total. The summed E-state index contributed by atoms with van der Waals surface area (Å²) < 4.78 is 59.7. The second kappa shape index (κ2) is 9.57. The zero-order chi connectivity index (χ0) is 24.5. The number of methoxy groups -OCH3 is 1. The third-order valence-corrected chi connectivity index (χ3v) is 6.08. The molecular formula is C23H26F4N6O. The van der Waals surface area contributed by atoms with Crippen molar-refractivity contribution in [2.75, 3.05) is 50.1 Å². The Morgan fingerprint density at radius 2 is 1.88 bits per heavy atom. The smallest absolute Gasteiger partial charge is 0.419 e. The molecule has 3 aromatic rings. The van der Waals surface area contributed by atoms with Crippen LogP contribution in [0.15, 0.2) is 30.6 Å². The number of rotatable bonds is 6. The minimum absolute atomic E-state index is 0.112. The number of pyridine rings is 1. The lowest BCUT2D eigenvalue weighted by Gasteiger charge is -2.35. The van der Waals surface area contributed by atoms with Crippen molar-refractivity contribution in [3.63, 3.8) is 0 Å². The molecule has 3 heterocycles. The molecule has 11 heteroatoms. The summed E-state index contributed by atoms with van der Waals surface area (Å²) in [6, 6.07) is 4.31. The van der Waals surface area contributed by atoms with Crippen molar-refractivity contribution in [3.8, 4) is 5.88 Å². The fraction of sp³-hybridized carbons (Fsp3) is 0.435. The molecule has 0 aliphatic carbocycles. The van der Waals surface area contributed by atoms with Crippen molar-refractivity contribution in [3.05, 3.63) is 47.5 Å². The van der Waals surface area contributed by atoms with E-state index in [9.17, 15) is 17.6 Å². The third kappa shape index (κ3) is 4.70. The van der Waals surface area contributed by atoms with E-state index in [4.69, 9.17) is 4.74 Å². The molecule has 0 radical (unpaired) electrons. The lowest BCUT2D eigenvalue weighted by Crippen LogP contribution is -2.46. The summed E-state index contributed by atoms with van der Waals surface area (Å²) in [5.74, 6) is -0.528. The number of benzene rings is 1. The lowest BCUT2D eigenvalue weighted by atomic mass is 10.0. The van der Waals surface area contributed by atoms with Gasteiger partial charge >= 0.3 is 6.18 Å². The maximum absolute atomic E-state index is 14.7. The SMILES string of the molecule is CCN1CCN(c2cc3c(N[C@H](C)c4cccc(C(F)(F)F)c4F)ncnc3nc2OC)CC1. The second-order valence-electron chi connectivity index (χ2n) is 8.10. The molecule has 0 amide bonds. The van der Waals surface area contributed by atoms with Gasteiger partial charge in [0.1, 0.15) is 23.6 Å². The zero-order valence-electron chi connectivity index (χ0n) is 19.2. The van der Waals surface area contributed by atoms with Crippen LogP contribution in [-0.4, -0.2) is 59.7 Å². The van der Waals surface area contributed by atoms with Crippen LogP contribution in [0.5, 0.6) is 5.88 Å². The zero-order valence-corrected chi connectivity index (χ0v) is 19.2. The van der Waals surface area contributed by atoms with E-state index in [-0.39, 0.29) is 5.56 Å². The Kier molecular flexibility index (Phi) is 6.74. The standard InChI is InChI=1S/C23H26F4N6O/c1-4-32-8-10-33(11-9-32)18-12-16-20(28-13-29-21(16)31-22(18)34-3)30-14(2)15-6-5-7-17(19(15)24)23(25,26)27/h5-7,12-14H,4,8-11H2,1-3H3,(H,28,29,30,31)/t14-/m1/s1. The highest BCUT2D eigenvalue weighted by molar-refractivity contribution is 5.90. The lowest BCUT2D eigenvalue weighted by molar-refractivity contribution is -0.140. The highest BCUT2D eigenvalue weighted by atomic mass is 19.4. The molecule has 1 saturated heterocycles. The van der Waals surface area contributed by atoms with Gasteiger partial charge in [-0.15, -0.1) is 0 Å². The van der Waals surface area contributed by atoms with Crippen LogP contribution in [-0.2, 0) is 6.18 Å². The summed E-state index contributed by atoms with van der Waals surface area (Å²) in [6.45, 7) is 8.07. The Morgan fingerprint density at radius 3 is 2.53 bits per heavy atom. The first kappa shape index (κ1) is 23.9. The van der Waals surface area contributed by atoms with Gasteiger partial charge in [-0.25, -0.2) is 14.4 Å². The van der Waals surface area contributed by atoms with E-state index in [1.54, 1.807) is 14.0 Å². The number of alkyl halides is 3. The van der Waals surface area contributed by atoms with Crippen molar-refractivity contribution in [1.82, 2.24) is 19.9 Å². The van der Waals surface area contributed by atoms with Gasteiger partial charge in [0, 0.05) is 31.7 Å². The van der Waals surface area contributed by atoms with Crippen LogP contribution in [0.2, 0.25) is 0 Å². The molecule has 182 valence electrons. The topological polar surface area (TPSA) is 66.4 Å². The van der Waals surface area contributed by atoms with E-state index < -0.39 is 23.6 Å². The molecule has 2 aromatic heterocycles. The summed E-state index contributed by atoms with van der Waals surface area (Å²) in [5, 5.41) is 3.60. The van der Waals surface area contributed by atoms with E-state index in [0.29, 0.717) is 22.7 Å². The number of nitrogens with one attached hydrogen (secondary N) is 1. The van der Waals surface area contributed by atoms with Gasteiger partial charge in [0.2, 0.25) is 5.88 Å². The van der Waals surface area contributed by atoms with Crippen molar-refractivity contribution in [2.45, 2.75) is 26.1 Å². The van der Waals surface area contributed by atoms with Gasteiger partial charge in [0.15, 0.2) is 5.65 Å². The molecule has 0 spiro atoms. The van der Waals surface area contributed by atoms with Crippen LogP contribution in [0, 0.1) is 5.82 Å². The van der Waals surface area contributed by atoms with E-state index in [1.807, 2.05) is 6.07 Å². The number of hydrogen-bond donors (Lipinski definition) is 1. The van der Waals surface area contributed by atoms with Gasteiger partial charge in [0.25, 0.3) is 0 Å². The normalized spacial score (nSPS) is 16.0.